The number of piperazine rings is 1. The number of hydrogen-bond donors (Lipinski definition) is 0. The Bertz CT molecular complexity index is 732. The normalized spacial score (nSPS) is 14.5. The fraction of sp³-hybridized carbons (Fsp3) is 0.450. The predicted molar refractivity (Wildman–Crippen MR) is 105 cm³/mol. The summed E-state index contributed by atoms with van der Waals surface area (Å²) in [5.74, 6) is 1.81. The van der Waals surface area contributed by atoms with Crippen molar-refractivity contribution in [2.24, 2.45) is 0 Å². The maximum Gasteiger partial charge on any atom is 0.225 e. The van der Waals surface area contributed by atoms with Crippen LogP contribution in [-0.4, -0.2) is 72.6 Å². The minimum Gasteiger partial charge on any atom is -0.497 e. The molecule has 0 bridgehead atoms. The SMILES string of the molecule is COc1cccc(CN(C)CCC(=O)N2CCN(c3ncccn3)CC2)c1. The first-order valence-electron chi connectivity index (χ1n) is 9.27. The minimum atomic E-state index is 0.209. The summed E-state index contributed by atoms with van der Waals surface area (Å²) in [6, 6.07) is 9.84. The fourth-order valence-electron chi connectivity index (χ4n) is 3.22. The predicted octanol–water partition coefficient (Wildman–Crippen LogP) is 1.66. The number of aromatic nitrogens is 2. The molecule has 0 aliphatic carbocycles. The molecule has 0 N–H and O–H groups in total. The van der Waals surface area contributed by atoms with E-state index in [1.165, 1.54) is 5.56 Å². The summed E-state index contributed by atoms with van der Waals surface area (Å²) in [6.45, 7) is 4.51. The maximum atomic E-state index is 12.5. The number of methoxy groups -OCH3 is 1. The minimum absolute atomic E-state index is 0.209. The highest BCUT2D eigenvalue weighted by Crippen LogP contribution is 2.14. The number of nitrogens with zero attached hydrogens (tertiary/aromatic N) is 5. The van der Waals surface area contributed by atoms with Crippen LogP contribution in [0.5, 0.6) is 5.75 Å². The first-order valence-corrected chi connectivity index (χ1v) is 9.27. The molecule has 1 aromatic carbocycles. The van der Waals surface area contributed by atoms with Crippen molar-refractivity contribution in [3.05, 3.63) is 48.3 Å². The van der Waals surface area contributed by atoms with Crippen molar-refractivity contribution in [1.29, 1.82) is 0 Å². The standard InChI is InChI=1S/C20H27N5O2/c1-23(16-17-5-3-6-18(15-17)27-2)10-7-19(26)24-11-13-25(14-12-24)20-21-8-4-9-22-20/h3-6,8-9,15H,7,10-14,16H2,1-2H3. The second-order valence-electron chi connectivity index (χ2n) is 6.76. The molecule has 1 saturated heterocycles. The Balaban J connectivity index is 1.41. The van der Waals surface area contributed by atoms with Crippen LogP contribution in [0.2, 0.25) is 0 Å². The molecule has 0 radical (unpaired) electrons. The third-order valence-corrected chi connectivity index (χ3v) is 4.76. The third-order valence-electron chi connectivity index (χ3n) is 4.76. The largest absolute Gasteiger partial charge is 0.497 e. The van der Waals surface area contributed by atoms with Crippen LogP contribution < -0.4 is 9.64 Å². The Morgan fingerprint density at radius 2 is 1.89 bits per heavy atom. The number of carbonyl (C=O) groups excluding carboxylic acids is 1. The van der Waals surface area contributed by atoms with Gasteiger partial charge in [-0.1, -0.05) is 12.1 Å². The van der Waals surface area contributed by atoms with E-state index in [1.807, 2.05) is 36.2 Å². The van der Waals surface area contributed by atoms with Crippen molar-refractivity contribution in [3.8, 4) is 5.75 Å². The van der Waals surface area contributed by atoms with Crippen molar-refractivity contribution in [2.45, 2.75) is 13.0 Å². The molecular formula is C20H27N5O2. The van der Waals surface area contributed by atoms with E-state index in [2.05, 4.69) is 25.8 Å². The molecule has 0 atom stereocenters. The molecule has 144 valence electrons. The molecule has 0 unspecified atom stereocenters. The number of amides is 1. The molecule has 0 spiro atoms. The summed E-state index contributed by atoms with van der Waals surface area (Å²) in [4.78, 5) is 27.3. The smallest absolute Gasteiger partial charge is 0.225 e. The first kappa shape index (κ1) is 19.1. The van der Waals surface area contributed by atoms with E-state index < -0.39 is 0 Å². The summed E-state index contributed by atoms with van der Waals surface area (Å²) in [5.41, 5.74) is 1.18. The summed E-state index contributed by atoms with van der Waals surface area (Å²) in [7, 11) is 3.71. The van der Waals surface area contributed by atoms with Gasteiger partial charge in [0.05, 0.1) is 7.11 Å². The van der Waals surface area contributed by atoms with Crippen molar-refractivity contribution in [2.75, 3.05) is 51.8 Å². The van der Waals surface area contributed by atoms with Gasteiger partial charge in [-0.2, -0.15) is 0 Å². The molecule has 27 heavy (non-hydrogen) atoms. The summed E-state index contributed by atoms with van der Waals surface area (Å²) < 4.78 is 5.26. The molecule has 1 amide bonds. The van der Waals surface area contributed by atoms with Gasteiger partial charge < -0.3 is 19.4 Å². The Morgan fingerprint density at radius 1 is 1.15 bits per heavy atom. The zero-order valence-electron chi connectivity index (χ0n) is 16.0. The molecule has 1 fully saturated rings. The Labute approximate surface area is 160 Å². The van der Waals surface area contributed by atoms with Crippen molar-refractivity contribution >= 4 is 11.9 Å². The lowest BCUT2D eigenvalue weighted by atomic mass is 10.2. The monoisotopic (exact) mass is 369 g/mol. The molecule has 7 heteroatoms. The van der Waals surface area contributed by atoms with E-state index >= 15 is 0 Å². The molecule has 3 rings (SSSR count). The van der Waals surface area contributed by atoms with E-state index in [0.29, 0.717) is 6.42 Å². The second-order valence-corrected chi connectivity index (χ2v) is 6.76. The molecular weight excluding hydrogens is 342 g/mol. The fourth-order valence-corrected chi connectivity index (χ4v) is 3.22. The van der Waals surface area contributed by atoms with Gasteiger partial charge in [-0.15, -0.1) is 0 Å². The lowest BCUT2D eigenvalue weighted by molar-refractivity contribution is -0.131. The third kappa shape index (κ3) is 5.40. The van der Waals surface area contributed by atoms with Crippen molar-refractivity contribution in [3.63, 3.8) is 0 Å². The van der Waals surface area contributed by atoms with Gasteiger partial charge in [0, 0.05) is 58.1 Å². The maximum absolute atomic E-state index is 12.5. The lowest BCUT2D eigenvalue weighted by Crippen LogP contribution is -2.49. The molecule has 1 aliphatic heterocycles. The Hall–Kier alpha value is -2.67. The second kappa shape index (κ2) is 9.32. The molecule has 2 heterocycles. The molecule has 1 aliphatic rings. The summed E-state index contributed by atoms with van der Waals surface area (Å²) in [6.07, 6.45) is 4.03. The van der Waals surface area contributed by atoms with Gasteiger partial charge in [-0.05, 0) is 30.8 Å². The zero-order valence-corrected chi connectivity index (χ0v) is 16.0. The van der Waals surface area contributed by atoms with Crippen LogP contribution in [0.25, 0.3) is 0 Å². The van der Waals surface area contributed by atoms with Crippen LogP contribution in [-0.2, 0) is 11.3 Å². The van der Waals surface area contributed by atoms with Crippen LogP contribution in [0.4, 0.5) is 5.95 Å². The average molecular weight is 369 g/mol. The van der Waals surface area contributed by atoms with E-state index in [1.54, 1.807) is 19.5 Å². The molecule has 1 aromatic heterocycles. The van der Waals surface area contributed by atoms with Crippen LogP contribution >= 0.6 is 0 Å². The topological polar surface area (TPSA) is 61.8 Å². The number of ether oxygens (including phenoxy) is 1. The van der Waals surface area contributed by atoms with Gasteiger partial charge in [0.15, 0.2) is 0 Å². The summed E-state index contributed by atoms with van der Waals surface area (Å²) >= 11 is 0. The molecule has 2 aromatic rings. The number of anilines is 1. The van der Waals surface area contributed by atoms with Gasteiger partial charge in [-0.25, -0.2) is 9.97 Å². The van der Waals surface area contributed by atoms with Gasteiger partial charge in [-0.3, -0.25) is 4.79 Å². The quantitative estimate of drug-likeness (QED) is 0.740. The Morgan fingerprint density at radius 3 is 2.59 bits per heavy atom. The van der Waals surface area contributed by atoms with E-state index in [4.69, 9.17) is 4.74 Å². The number of hydrogen-bond acceptors (Lipinski definition) is 6. The molecule has 0 saturated carbocycles. The van der Waals surface area contributed by atoms with Crippen molar-refractivity contribution in [1.82, 2.24) is 19.8 Å². The van der Waals surface area contributed by atoms with Gasteiger partial charge in [0.25, 0.3) is 0 Å². The highest BCUT2D eigenvalue weighted by Gasteiger charge is 2.22. The van der Waals surface area contributed by atoms with Gasteiger partial charge in [0.2, 0.25) is 11.9 Å². The van der Waals surface area contributed by atoms with Crippen LogP contribution in [0.3, 0.4) is 0 Å². The van der Waals surface area contributed by atoms with E-state index in [0.717, 1.165) is 51.0 Å². The van der Waals surface area contributed by atoms with Crippen LogP contribution in [0.15, 0.2) is 42.7 Å². The first-order chi connectivity index (χ1) is 13.2. The van der Waals surface area contributed by atoms with Crippen molar-refractivity contribution < 1.29 is 9.53 Å². The molecule has 7 nitrogen and oxygen atoms in total. The van der Waals surface area contributed by atoms with Gasteiger partial charge >= 0.3 is 0 Å². The number of benzene rings is 1. The van der Waals surface area contributed by atoms with Crippen LogP contribution in [0.1, 0.15) is 12.0 Å². The highest BCUT2D eigenvalue weighted by molar-refractivity contribution is 5.76. The van der Waals surface area contributed by atoms with Gasteiger partial charge in [0.1, 0.15) is 5.75 Å². The number of rotatable bonds is 7. The van der Waals surface area contributed by atoms with E-state index in [9.17, 15) is 4.79 Å². The lowest BCUT2D eigenvalue weighted by Gasteiger charge is -2.35. The van der Waals surface area contributed by atoms with Crippen LogP contribution in [0, 0.1) is 0 Å². The highest BCUT2D eigenvalue weighted by atomic mass is 16.5. The number of carbonyl (C=O) groups is 1. The Kier molecular flexibility index (Phi) is 6.59. The average Bonchev–Trinajstić information content (AvgIpc) is 2.73. The van der Waals surface area contributed by atoms with E-state index in [-0.39, 0.29) is 5.91 Å². The zero-order chi connectivity index (χ0) is 19.1. The summed E-state index contributed by atoms with van der Waals surface area (Å²) in [5, 5.41) is 0.